The van der Waals surface area contributed by atoms with E-state index in [-0.39, 0.29) is 6.04 Å². The summed E-state index contributed by atoms with van der Waals surface area (Å²) in [5, 5.41) is 5.38. The average Bonchev–Trinajstić information content (AvgIpc) is 2.87. The highest BCUT2D eigenvalue weighted by atomic mass is 32.1. The number of aryl methyl sites for hydroxylation is 3. The molecule has 1 heterocycles. The Bertz CT molecular complexity index is 768. The lowest BCUT2D eigenvalue weighted by molar-refractivity contribution is -0.136. The van der Waals surface area contributed by atoms with E-state index in [1.807, 2.05) is 33.8 Å². The summed E-state index contributed by atoms with van der Waals surface area (Å²) in [5.74, 6) is -0.632. The van der Waals surface area contributed by atoms with E-state index in [1.165, 1.54) is 4.88 Å². The van der Waals surface area contributed by atoms with Gasteiger partial charge in [-0.1, -0.05) is 0 Å². The fourth-order valence-corrected chi connectivity index (χ4v) is 3.53. The zero-order valence-electron chi connectivity index (χ0n) is 14.5. The van der Waals surface area contributed by atoms with Crippen molar-refractivity contribution in [2.45, 2.75) is 33.7 Å². The molecular weight excluding hydrogens is 324 g/mol. The molecule has 128 valence electrons. The molecule has 1 aromatic heterocycles. The molecule has 2 amide bonds. The van der Waals surface area contributed by atoms with Gasteiger partial charge in [0.15, 0.2) is 0 Å². The van der Waals surface area contributed by atoms with Gasteiger partial charge in [-0.3, -0.25) is 9.59 Å². The van der Waals surface area contributed by atoms with Crippen molar-refractivity contribution in [2.75, 3.05) is 12.4 Å². The Balaban J connectivity index is 2.02. The fraction of sp³-hybridized carbons (Fsp3) is 0.333. The summed E-state index contributed by atoms with van der Waals surface area (Å²) in [7, 11) is 1.58. The maximum absolute atomic E-state index is 12.1. The van der Waals surface area contributed by atoms with Crippen molar-refractivity contribution in [2.24, 2.45) is 0 Å². The van der Waals surface area contributed by atoms with E-state index in [2.05, 4.69) is 10.6 Å². The zero-order chi connectivity index (χ0) is 17.9. The number of thiophene rings is 1. The number of amides is 2. The monoisotopic (exact) mass is 346 g/mol. The van der Waals surface area contributed by atoms with E-state index in [1.54, 1.807) is 36.6 Å². The zero-order valence-corrected chi connectivity index (χ0v) is 15.3. The highest BCUT2D eigenvalue weighted by molar-refractivity contribution is 7.12. The maximum Gasteiger partial charge on any atom is 0.313 e. The number of ether oxygens (including phenoxy) is 1. The van der Waals surface area contributed by atoms with Gasteiger partial charge in [0, 0.05) is 15.4 Å². The lowest BCUT2D eigenvalue weighted by Crippen LogP contribution is -2.37. The quantitative estimate of drug-likeness (QED) is 0.833. The molecule has 2 rings (SSSR count). The van der Waals surface area contributed by atoms with Crippen molar-refractivity contribution in [3.63, 3.8) is 0 Å². The van der Waals surface area contributed by atoms with Crippen molar-refractivity contribution < 1.29 is 14.3 Å². The van der Waals surface area contributed by atoms with Gasteiger partial charge in [-0.25, -0.2) is 0 Å². The van der Waals surface area contributed by atoms with Gasteiger partial charge in [0.05, 0.1) is 13.2 Å². The Morgan fingerprint density at radius 2 is 1.83 bits per heavy atom. The first-order valence-electron chi connectivity index (χ1n) is 7.65. The topological polar surface area (TPSA) is 67.4 Å². The van der Waals surface area contributed by atoms with Crippen molar-refractivity contribution in [3.8, 4) is 5.75 Å². The van der Waals surface area contributed by atoms with E-state index >= 15 is 0 Å². The summed E-state index contributed by atoms with van der Waals surface area (Å²) in [6, 6.07) is 7.07. The molecule has 1 aromatic carbocycles. The molecule has 2 aromatic rings. The number of anilines is 1. The third kappa shape index (κ3) is 4.14. The molecule has 0 spiro atoms. The molecule has 0 unspecified atom stereocenters. The first kappa shape index (κ1) is 18.0. The second kappa shape index (κ2) is 7.49. The molecule has 0 aliphatic carbocycles. The number of hydrogen-bond acceptors (Lipinski definition) is 4. The number of carbonyl (C=O) groups excluding carboxylic acids is 2. The molecular formula is C18H22N2O3S. The Morgan fingerprint density at radius 3 is 2.38 bits per heavy atom. The number of nitrogens with one attached hydrogen (secondary N) is 2. The predicted molar refractivity (Wildman–Crippen MR) is 96.7 cm³/mol. The van der Waals surface area contributed by atoms with Crippen LogP contribution in [0.15, 0.2) is 24.3 Å². The van der Waals surface area contributed by atoms with Crippen molar-refractivity contribution >= 4 is 28.8 Å². The summed E-state index contributed by atoms with van der Waals surface area (Å²) in [6.07, 6.45) is 0. The van der Waals surface area contributed by atoms with Crippen LogP contribution in [0.25, 0.3) is 0 Å². The minimum Gasteiger partial charge on any atom is -0.497 e. The van der Waals surface area contributed by atoms with E-state index in [9.17, 15) is 9.59 Å². The average molecular weight is 346 g/mol. The molecule has 0 bridgehead atoms. The Hall–Kier alpha value is -2.34. The normalized spacial score (nSPS) is 11.7. The Kier molecular flexibility index (Phi) is 5.62. The lowest BCUT2D eigenvalue weighted by atomic mass is 10.1. The SMILES string of the molecule is COc1ccc(NC(=O)C(=O)N[C@H](C)c2cc(C)sc2C)c(C)c1. The van der Waals surface area contributed by atoms with E-state index in [0.717, 1.165) is 16.0 Å². The van der Waals surface area contributed by atoms with Gasteiger partial charge in [0.25, 0.3) is 0 Å². The first-order valence-corrected chi connectivity index (χ1v) is 8.47. The summed E-state index contributed by atoms with van der Waals surface area (Å²) < 4.78 is 5.13. The Morgan fingerprint density at radius 1 is 1.12 bits per heavy atom. The van der Waals surface area contributed by atoms with Gasteiger partial charge in [-0.2, -0.15) is 0 Å². The fourth-order valence-electron chi connectivity index (χ4n) is 2.50. The van der Waals surface area contributed by atoms with Crippen LogP contribution in [0.2, 0.25) is 0 Å². The van der Waals surface area contributed by atoms with E-state index in [0.29, 0.717) is 11.4 Å². The van der Waals surface area contributed by atoms with Crippen LogP contribution in [0, 0.1) is 20.8 Å². The molecule has 5 nitrogen and oxygen atoms in total. The molecule has 6 heteroatoms. The van der Waals surface area contributed by atoms with Crippen LogP contribution in [-0.4, -0.2) is 18.9 Å². The predicted octanol–water partition coefficient (Wildman–Crippen LogP) is 3.50. The van der Waals surface area contributed by atoms with Gasteiger partial charge in [0.2, 0.25) is 0 Å². The second-order valence-corrected chi connectivity index (χ2v) is 7.16. The first-order chi connectivity index (χ1) is 11.3. The number of benzene rings is 1. The van der Waals surface area contributed by atoms with Crippen LogP contribution < -0.4 is 15.4 Å². The van der Waals surface area contributed by atoms with Crippen LogP contribution >= 0.6 is 11.3 Å². The van der Waals surface area contributed by atoms with E-state index < -0.39 is 11.8 Å². The van der Waals surface area contributed by atoms with Crippen LogP contribution in [0.3, 0.4) is 0 Å². The molecule has 0 saturated carbocycles. The maximum atomic E-state index is 12.1. The van der Waals surface area contributed by atoms with Crippen molar-refractivity contribution in [3.05, 3.63) is 45.1 Å². The smallest absolute Gasteiger partial charge is 0.313 e. The minimum absolute atomic E-state index is 0.217. The van der Waals surface area contributed by atoms with Gasteiger partial charge >= 0.3 is 11.8 Å². The van der Waals surface area contributed by atoms with Crippen LogP contribution in [-0.2, 0) is 9.59 Å². The third-order valence-corrected chi connectivity index (χ3v) is 4.76. The van der Waals surface area contributed by atoms with E-state index in [4.69, 9.17) is 4.74 Å². The third-order valence-electron chi connectivity index (χ3n) is 3.78. The molecule has 1 atom stereocenters. The van der Waals surface area contributed by atoms with Crippen LogP contribution in [0.5, 0.6) is 5.75 Å². The Labute approximate surface area is 146 Å². The highest BCUT2D eigenvalue weighted by Gasteiger charge is 2.19. The van der Waals surface area contributed by atoms with Crippen LogP contribution in [0.4, 0.5) is 5.69 Å². The minimum atomic E-state index is -0.681. The van der Waals surface area contributed by atoms with Gasteiger partial charge in [-0.05, 0) is 63.1 Å². The standard InChI is InChI=1S/C18H22N2O3S/c1-10-8-14(23-5)6-7-16(10)20-18(22)17(21)19-12(3)15-9-11(2)24-13(15)4/h6-9,12H,1-5H3,(H,19,21)(H,20,22)/t12-/m1/s1. The van der Waals surface area contributed by atoms with Gasteiger partial charge in [-0.15, -0.1) is 11.3 Å². The second-order valence-electron chi connectivity index (χ2n) is 5.70. The number of hydrogen-bond donors (Lipinski definition) is 2. The summed E-state index contributed by atoms with van der Waals surface area (Å²) in [4.78, 5) is 26.6. The van der Waals surface area contributed by atoms with Gasteiger partial charge < -0.3 is 15.4 Å². The number of carbonyl (C=O) groups is 2. The van der Waals surface area contributed by atoms with Crippen molar-refractivity contribution in [1.29, 1.82) is 0 Å². The molecule has 24 heavy (non-hydrogen) atoms. The number of rotatable bonds is 4. The molecule has 0 radical (unpaired) electrons. The molecule has 0 aliphatic heterocycles. The molecule has 0 saturated heterocycles. The lowest BCUT2D eigenvalue weighted by Gasteiger charge is -2.14. The van der Waals surface area contributed by atoms with Gasteiger partial charge in [0.1, 0.15) is 5.75 Å². The number of methoxy groups -OCH3 is 1. The largest absolute Gasteiger partial charge is 0.497 e. The molecule has 0 fully saturated rings. The van der Waals surface area contributed by atoms with Crippen LogP contribution in [0.1, 0.15) is 33.8 Å². The highest BCUT2D eigenvalue weighted by Crippen LogP contribution is 2.26. The molecule has 2 N–H and O–H groups in total. The molecule has 0 aliphatic rings. The summed E-state index contributed by atoms with van der Waals surface area (Å²) >= 11 is 1.68. The summed E-state index contributed by atoms with van der Waals surface area (Å²) in [6.45, 7) is 7.75. The summed E-state index contributed by atoms with van der Waals surface area (Å²) in [5.41, 5.74) is 2.46. The van der Waals surface area contributed by atoms with Crippen molar-refractivity contribution in [1.82, 2.24) is 5.32 Å².